The zero-order chi connectivity index (χ0) is 19.1. The monoisotopic (exact) mass is 357 g/mol. The van der Waals surface area contributed by atoms with Gasteiger partial charge in [0.1, 0.15) is 0 Å². The van der Waals surface area contributed by atoms with Crippen molar-refractivity contribution in [1.29, 1.82) is 0 Å². The molecule has 0 heterocycles. The van der Waals surface area contributed by atoms with Crippen molar-refractivity contribution in [2.75, 3.05) is 10.6 Å². The number of hydrogen-bond donors (Lipinski definition) is 2. The third kappa shape index (κ3) is 4.72. The highest BCUT2D eigenvalue weighted by Gasteiger charge is 2.13. The van der Waals surface area contributed by atoms with E-state index in [4.69, 9.17) is 5.53 Å². The molecule has 0 radical (unpaired) electrons. The van der Waals surface area contributed by atoms with Gasteiger partial charge in [-0.05, 0) is 48.0 Å². The Bertz CT molecular complexity index is 941. The Hall–Kier alpha value is -4.09. The lowest BCUT2D eigenvalue weighted by molar-refractivity contribution is 0.102. The molecule has 0 unspecified atom stereocenters. The van der Waals surface area contributed by atoms with Crippen LogP contribution in [0.2, 0.25) is 0 Å². The number of rotatable bonds is 5. The fraction of sp³-hybridized carbons (Fsp3) is 0. The first-order valence-electron chi connectivity index (χ1n) is 8.09. The lowest BCUT2D eigenvalue weighted by Gasteiger charge is -2.09. The number of benzene rings is 3. The summed E-state index contributed by atoms with van der Waals surface area (Å²) in [6.45, 7) is 0. The molecule has 27 heavy (non-hydrogen) atoms. The number of anilines is 2. The van der Waals surface area contributed by atoms with Crippen LogP contribution in [0.4, 0.5) is 17.1 Å². The van der Waals surface area contributed by atoms with Crippen LogP contribution in [-0.2, 0) is 0 Å². The number of nitrogens with zero attached hydrogens (tertiary/aromatic N) is 3. The maximum absolute atomic E-state index is 12.5. The number of carbonyl (C=O) groups is 2. The van der Waals surface area contributed by atoms with Crippen molar-refractivity contribution in [2.24, 2.45) is 5.11 Å². The van der Waals surface area contributed by atoms with Gasteiger partial charge < -0.3 is 10.6 Å². The summed E-state index contributed by atoms with van der Waals surface area (Å²) in [5, 5.41) is 9.00. The predicted molar refractivity (Wildman–Crippen MR) is 104 cm³/mol. The molecule has 2 N–H and O–H groups in total. The van der Waals surface area contributed by atoms with Crippen LogP contribution in [-0.4, -0.2) is 11.8 Å². The number of amides is 2. The number of para-hydroxylation sites is 2. The number of carbonyl (C=O) groups excluding carboxylic acids is 2. The molecule has 0 aromatic heterocycles. The van der Waals surface area contributed by atoms with Crippen molar-refractivity contribution >= 4 is 28.9 Å². The zero-order valence-corrected chi connectivity index (χ0v) is 14.2. The van der Waals surface area contributed by atoms with Crippen molar-refractivity contribution in [1.82, 2.24) is 0 Å². The normalized spacial score (nSPS) is 9.78. The van der Waals surface area contributed by atoms with Gasteiger partial charge in [-0.1, -0.05) is 41.5 Å². The fourth-order valence-corrected chi connectivity index (χ4v) is 2.43. The second kappa shape index (κ2) is 8.33. The molecule has 3 aromatic carbocycles. The second-order valence-corrected chi connectivity index (χ2v) is 5.60. The van der Waals surface area contributed by atoms with Gasteiger partial charge in [-0.15, -0.1) is 0 Å². The summed E-state index contributed by atoms with van der Waals surface area (Å²) >= 11 is 0. The van der Waals surface area contributed by atoms with E-state index in [0.29, 0.717) is 11.4 Å². The smallest absolute Gasteiger partial charge is 0.255 e. The second-order valence-electron chi connectivity index (χ2n) is 5.60. The van der Waals surface area contributed by atoms with Crippen LogP contribution < -0.4 is 10.6 Å². The molecule has 0 aliphatic heterocycles. The van der Waals surface area contributed by atoms with E-state index in [1.807, 2.05) is 12.1 Å². The Morgan fingerprint density at radius 2 is 1.19 bits per heavy atom. The molecular formula is C20H15N5O2. The fourth-order valence-electron chi connectivity index (χ4n) is 2.43. The van der Waals surface area contributed by atoms with E-state index in [9.17, 15) is 9.59 Å². The minimum Gasteiger partial charge on any atom is -0.322 e. The van der Waals surface area contributed by atoms with Gasteiger partial charge in [-0.3, -0.25) is 9.59 Å². The maximum atomic E-state index is 12.5. The van der Waals surface area contributed by atoms with E-state index in [1.54, 1.807) is 48.5 Å². The quantitative estimate of drug-likeness (QED) is 0.375. The summed E-state index contributed by atoms with van der Waals surface area (Å²) in [6.07, 6.45) is 0. The highest BCUT2D eigenvalue weighted by molar-refractivity contribution is 6.09. The summed E-state index contributed by atoms with van der Waals surface area (Å²) in [6, 6.07) is 22.2. The first-order chi connectivity index (χ1) is 13.2. The van der Waals surface area contributed by atoms with Crippen LogP contribution >= 0.6 is 0 Å². The van der Waals surface area contributed by atoms with Crippen LogP contribution in [0.3, 0.4) is 0 Å². The lowest BCUT2D eigenvalue weighted by atomic mass is 10.1. The minimum atomic E-state index is -0.412. The Morgan fingerprint density at radius 3 is 1.59 bits per heavy atom. The predicted octanol–water partition coefficient (Wildman–Crippen LogP) is 5.13. The highest BCUT2D eigenvalue weighted by Crippen LogP contribution is 2.21. The Kier molecular flexibility index (Phi) is 5.47. The molecule has 0 bridgehead atoms. The van der Waals surface area contributed by atoms with Crippen molar-refractivity contribution in [3.8, 4) is 0 Å². The molecule has 2 amide bonds. The van der Waals surface area contributed by atoms with Gasteiger partial charge in [0.2, 0.25) is 0 Å². The molecule has 0 aliphatic rings. The molecule has 0 saturated heterocycles. The van der Waals surface area contributed by atoms with Crippen LogP contribution in [0.1, 0.15) is 20.7 Å². The van der Waals surface area contributed by atoms with E-state index in [0.717, 1.165) is 0 Å². The zero-order valence-electron chi connectivity index (χ0n) is 14.2. The van der Waals surface area contributed by atoms with Crippen molar-refractivity contribution < 1.29 is 9.59 Å². The maximum Gasteiger partial charge on any atom is 0.255 e. The van der Waals surface area contributed by atoms with Crippen LogP contribution in [0.15, 0.2) is 84.0 Å². The molecule has 0 atom stereocenters. The first-order valence-corrected chi connectivity index (χ1v) is 8.09. The topological polar surface area (TPSA) is 107 Å². The van der Waals surface area contributed by atoms with Crippen molar-refractivity contribution in [2.45, 2.75) is 0 Å². The molecule has 0 saturated carbocycles. The van der Waals surface area contributed by atoms with Gasteiger partial charge in [0, 0.05) is 33.1 Å². The van der Waals surface area contributed by atoms with Gasteiger partial charge in [0.25, 0.3) is 11.8 Å². The third-order valence-corrected chi connectivity index (χ3v) is 3.67. The first kappa shape index (κ1) is 17.7. The van der Waals surface area contributed by atoms with Crippen LogP contribution in [0.5, 0.6) is 0 Å². The van der Waals surface area contributed by atoms with Crippen molar-refractivity contribution in [3.63, 3.8) is 0 Å². The van der Waals surface area contributed by atoms with Crippen LogP contribution in [0.25, 0.3) is 10.4 Å². The summed E-state index contributed by atoms with van der Waals surface area (Å²) in [5.41, 5.74) is 10.5. The molecular weight excluding hydrogens is 342 g/mol. The van der Waals surface area contributed by atoms with E-state index < -0.39 is 11.8 Å². The number of azide groups is 1. The number of nitrogens with one attached hydrogen (secondary N) is 2. The summed E-state index contributed by atoms with van der Waals surface area (Å²) in [7, 11) is 0. The average molecular weight is 357 g/mol. The molecule has 3 rings (SSSR count). The molecule has 132 valence electrons. The summed E-state index contributed by atoms with van der Waals surface area (Å²) in [5.74, 6) is -0.824. The van der Waals surface area contributed by atoms with Crippen molar-refractivity contribution in [3.05, 3.63) is 100 Å². The number of hydrogen-bond acceptors (Lipinski definition) is 3. The Balaban J connectivity index is 1.89. The van der Waals surface area contributed by atoms with E-state index in [-0.39, 0.29) is 16.8 Å². The molecule has 3 aromatic rings. The van der Waals surface area contributed by atoms with E-state index in [1.165, 1.54) is 18.2 Å². The van der Waals surface area contributed by atoms with Gasteiger partial charge in [-0.2, -0.15) is 0 Å². The lowest BCUT2D eigenvalue weighted by Crippen LogP contribution is -2.15. The summed E-state index contributed by atoms with van der Waals surface area (Å²) in [4.78, 5) is 27.8. The third-order valence-electron chi connectivity index (χ3n) is 3.67. The van der Waals surface area contributed by atoms with E-state index in [2.05, 4.69) is 20.7 Å². The Morgan fingerprint density at radius 1 is 0.741 bits per heavy atom. The van der Waals surface area contributed by atoms with E-state index >= 15 is 0 Å². The Labute approximate surface area is 155 Å². The molecule has 0 fully saturated rings. The largest absolute Gasteiger partial charge is 0.322 e. The van der Waals surface area contributed by atoms with Gasteiger partial charge >= 0.3 is 0 Å². The minimum absolute atomic E-state index is 0.177. The summed E-state index contributed by atoms with van der Waals surface area (Å²) < 4.78 is 0. The SMILES string of the molecule is [N-]=[N+]=Nc1cc(C(=O)Nc2ccccc2)cc(C(=O)Nc2ccccc2)c1. The van der Waals surface area contributed by atoms with Gasteiger partial charge in [0.05, 0.1) is 0 Å². The van der Waals surface area contributed by atoms with Gasteiger partial charge in [0.15, 0.2) is 0 Å². The van der Waals surface area contributed by atoms with Gasteiger partial charge in [-0.25, -0.2) is 0 Å². The molecule has 7 heteroatoms. The molecule has 0 aliphatic carbocycles. The average Bonchev–Trinajstić information content (AvgIpc) is 2.69. The molecule has 0 spiro atoms. The van der Waals surface area contributed by atoms with Crippen LogP contribution in [0, 0.1) is 0 Å². The highest BCUT2D eigenvalue weighted by atomic mass is 16.2. The standard InChI is InChI=1S/C20H15N5O2/c21-25-24-18-12-14(19(26)22-16-7-3-1-4-8-16)11-15(13-18)20(27)23-17-9-5-2-6-10-17/h1-13H,(H,22,26)(H,23,27). The molecule has 7 nitrogen and oxygen atoms in total.